The first-order valence-corrected chi connectivity index (χ1v) is 10.8. The van der Waals surface area contributed by atoms with Crippen LogP contribution >= 0.6 is 0 Å². The van der Waals surface area contributed by atoms with E-state index >= 15 is 0 Å². The summed E-state index contributed by atoms with van der Waals surface area (Å²) in [4.78, 5) is 62.6. The lowest BCUT2D eigenvalue weighted by Gasteiger charge is -2.34. The van der Waals surface area contributed by atoms with Crippen LogP contribution in [0.5, 0.6) is 5.75 Å². The molecule has 0 aromatic heterocycles. The number of urea groups is 1. The Kier molecular flexibility index (Phi) is 8.09. The molecular weight excluding hydrogens is 489 g/mol. The van der Waals surface area contributed by atoms with Crippen LogP contribution in [-0.4, -0.2) is 106 Å². The van der Waals surface area contributed by atoms with Gasteiger partial charge in [0, 0.05) is 19.6 Å². The Balaban J connectivity index is 1.75. The number of amides is 5. The van der Waals surface area contributed by atoms with E-state index in [0.29, 0.717) is 10.5 Å². The van der Waals surface area contributed by atoms with Crippen molar-refractivity contribution in [2.24, 2.45) is 0 Å². The second-order valence-corrected chi connectivity index (χ2v) is 8.02. The van der Waals surface area contributed by atoms with Crippen LogP contribution in [0.1, 0.15) is 22.8 Å². The Morgan fingerprint density at radius 2 is 1.92 bits per heavy atom. The molecule has 2 aliphatic heterocycles. The Labute approximate surface area is 203 Å². The molecule has 1 aromatic rings. The van der Waals surface area contributed by atoms with Crippen LogP contribution in [0.2, 0.25) is 0 Å². The molecule has 194 valence electrons. The summed E-state index contributed by atoms with van der Waals surface area (Å²) in [5, 5.41) is 33.5. The van der Waals surface area contributed by atoms with Crippen LogP contribution < -0.4 is 15.3 Å². The fourth-order valence-electron chi connectivity index (χ4n) is 3.82. The van der Waals surface area contributed by atoms with Gasteiger partial charge < -0.3 is 35.4 Å². The van der Waals surface area contributed by atoms with Gasteiger partial charge in [-0.3, -0.25) is 19.3 Å². The van der Waals surface area contributed by atoms with E-state index in [-0.39, 0.29) is 37.4 Å². The molecule has 1 fully saturated rings. The molecule has 2 heterocycles. The van der Waals surface area contributed by atoms with E-state index in [2.05, 4.69) is 5.32 Å². The standard InChI is InChI=1S/C20H23BF2N4O9/c1-2-26-6-7-27(18(31)17(26)30)20(34)25-12(13(28)15(22)23)16(29)24-11-8-9-4-3-5-10(19(32)33)14(9)36-21(11)35/h3-5,11-13,15,28,35H,2,6-8H2,1H3,(H,24,29)(H,25,34)(H,32,33)/t11-,12?,13?/m0/s1. The van der Waals surface area contributed by atoms with Crippen LogP contribution in [0, 0.1) is 0 Å². The first kappa shape index (κ1) is 26.8. The zero-order valence-corrected chi connectivity index (χ0v) is 18.9. The number of hydrogen-bond donors (Lipinski definition) is 5. The Hall–Kier alpha value is -3.79. The summed E-state index contributed by atoms with van der Waals surface area (Å²) in [6, 6.07) is 0.495. The van der Waals surface area contributed by atoms with Gasteiger partial charge >= 0.3 is 30.9 Å². The molecule has 13 nitrogen and oxygen atoms in total. The highest BCUT2D eigenvalue weighted by Gasteiger charge is 2.43. The topological polar surface area (TPSA) is 186 Å². The minimum atomic E-state index is -3.48. The molecule has 0 aliphatic carbocycles. The summed E-state index contributed by atoms with van der Waals surface area (Å²) in [6.45, 7) is 1.55. The minimum absolute atomic E-state index is 0.00783. The number of para-hydroxylation sites is 1. The molecule has 0 radical (unpaired) electrons. The number of rotatable bonds is 7. The number of imide groups is 1. The van der Waals surface area contributed by atoms with Gasteiger partial charge in [0.2, 0.25) is 5.91 Å². The third kappa shape index (κ3) is 5.38. The quantitative estimate of drug-likeness (QED) is 0.208. The number of aliphatic hydroxyl groups excluding tert-OH is 1. The third-order valence-electron chi connectivity index (χ3n) is 5.77. The Bertz CT molecular complexity index is 1080. The van der Waals surface area contributed by atoms with Crippen LogP contribution in [0.25, 0.3) is 0 Å². The SMILES string of the molecule is CCN1CCN(C(=O)NC(C(=O)N[C@H]2Cc3cccc(C(=O)O)c3OB2O)C(O)C(F)F)C(=O)C1=O. The number of nitrogens with zero attached hydrogens (tertiary/aromatic N) is 2. The van der Waals surface area contributed by atoms with Gasteiger partial charge in [-0.2, -0.15) is 0 Å². The molecule has 1 aromatic carbocycles. The maximum Gasteiger partial charge on any atom is 0.547 e. The molecule has 5 N–H and O–H groups in total. The summed E-state index contributed by atoms with van der Waals surface area (Å²) in [7, 11) is -1.79. The van der Waals surface area contributed by atoms with E-state index in [4.69, 9.17) is 4.65 Å². The van der Waals surface area contributed by atoms with Crippen molar-refractivity contribution in [2.45, 2.75) is 37.9 Å². The van der Waals surface area contributed by atoms with E-state index in [1.54, 1.807) is 6.92 Å². The number of carbonyl (C=O) groups is 5. The normalized spacial score (nSPS) is 19.4. The van der Waals surface area contributed by atoms with Gasteiger partial charge in [0.25, 0.3) is 6.43 Å². The van der Waals surface area contributed by atoms with Gasteiger partial charge in [-0.1, -0.05) is 12.1 Å². The van der Waals surface area contributed by atoms with Crippen LogP contribution in [0.15, 0.2) is 18.2 Å². The number of fused-ring (bicyclic) bond motifs is 1. The highest BCUT2D eigenvalue weighted by atomic mass is 19.3. The van der Waals surface area contributed by atoms with Gasteiger partial charge in [-0.25, -0.2) is 18.4 Å². The van der Waals surface area contributed by atoms with Crippen molar-refractivity contribution in [3.8, 4) is 5.75 Å². The molecule has 5 amide bonds. The molecule has 1 saturated heterocycles. The number of alkyl halides is 2. The second kappa shape index (κ2) is 10.9. The van der Waals surface area contributed by atoms with Crippen molar-refractivity contribution in [1.82, 2.24) is 20.4 Å². The van der Waals surface area contributed by atoms with Gasteiger partial charge in [0.1, 0.15) is 17.9 Å². The first-order chi connectivity index (χ1) is 17.0. The largest absolute Gasteiger partial charge is 0.547 e. The molecule has 36 heavy (non-hydrogen) atoms. The van der Waals surface area contributed by atoms with Crippen molar-refractivity contribution in [1.29, 1.82) is 0 Å². The number of nitrogens with one attached hydrogen (secondary N) is 2. The minimum Gasteiger partial charge on any atom is -0.534 e. The Morgan fingerprint density at radius 1 is 1.22 bits per heavy atom. The summed E-state index contributed by atoms with van der Waals surface area (Å²) in [5.41, 5.74) is 0.0513. The molecule has 3 atom stereocenters. The number of halogens is 2. The van der Waals surface area contributed by atoms with Crippen LogP contribution in [0.4, 0.5) is 13.6 Å². The van der Waals surface area contributed by atoms with Crippen LogP contribution in [0.3, 0.4) is 0 Å². The van der Waals surface area contributed by atoms with E-state index in [9.17, 15) is 48.0 Å². The molecular formula is C20H23BF2N4O9. The third-order valence-corrected chi connectivity index (χ3v) is 5.77. The average Bonchev–Trinajstić information content (AvgIpc) is 2.83. The summed E-state index contributed by atoms with van der Waals surface area (Å²) < 4.78 is 31.8. The zero-order chi connectivity index (χ0) is 26.7. The fourth-order valence-corrected chi connectivity index (χ4v) is 3.82. The maximum atomic E-state index is 13.3. The number of hydrogen-bond acceptors (Lipinski definition) is 8. The monoisotopic (exact) mass is 512 g/mol. The van der Waals surface area contributed by atoms with Crippen molar-refractivity contribution in [3.63, 3.8) is 0 Å². The van der Waals surface area contributed by atoms with Crippen molar-refractivity contribution in [2.75, 3.05) is 19.6 Å². The lowest BCUT2D eigenvalue weighted by molar-refractivity contribution is -0.153. The van der Waals surface area contributed by atoms with Crippen LogP contribution in [-0.2, 0) is 20.8 Å². The second-order valence-electron chi connectivity index (χ2n) is 8.02. The average molecular weight is 512 g/mol. The number of aromatic carboxylic acids is 1. The molecule has 2 unspecified atom stereocenters. The summed E-state index contributed by atoms with van der Waals surface area (Å²) in [5.74, 6) is -6.28. The number of likely N-dealkylation sites (N-methyl/N-ethyl adjacent to an activating group) is 1. The number of carbonyl (C=O) groups excluding carboxylic acids is 4. The first-order valence-electron chi connectivity index (χ1n) is 10.8. The molecule has 16 heteroatoms. The molecule has 0 bridgehead atoms. The number of benzene rings is 1. The number of carboxylic acids is 1. The van der Waals surface area contributed by atoms with E-state index in [1.807, 2.05) is 5.32 Å². The lowest BCUT2D eigenvalue weighted by atomic mass is 9.72. The van der Waals surface area contributed by atoms with E-state index < -0.39 is 61.4 Å². The number of carboxylic acid groups (broad SMARTS) is 1. The number of aliphatic hydroxyl groups is 1. The smallest absolute Gasteiger partial charge is 0.534 e. The predicted molar refractivity (Wildman–Crippen MR) is 116 cm³/mol. The lowest BCUT2D eigenvalue weighted by Crippen LogP contribution is -2.64. The van der Waals surface area contributed by atoms with E-state index in [0.717, 1.165) is 0 Å². The van der Waals surface area contributed by atoms with Crippen molar-refractivity contribution >= 4 is 36.8 Å². The van der Waals surface area contributed by atoms with Gasteiger partial charge in [0.15, 0.2) is 0 Å². The number of piperazine rings is 1. The van der Waals surface area contributed by atoms with Gasteiger partial charge in [-0.05, 0) is 25.0 Å². The van der Waals surface area contributed by atoms with Gasteiger partial charge in [0.05, 0.1) is 11.5 Å². The highest BCUT2D eigenvalue weighted by molar-refractivity contribution is 6.47. The van der Waals surface area contributed by atoms with E-state index in [1.165, 1.54) is 23.1 Å². The van der Waals surface area contributed by atoms with Gasteiger partial charge in [-0.15, -0.1) is 0 Å². The molecule has 0 saturated carbocycles. The Morgan fingerprint density at radius 3 is 2.53 bits per heavy atom. The maximum absolute atomic E-state index is 13.3. The zero-order valence-electron chi connectivity index (χ0n) is 18.9. The van der Waals surface area contributed by atoms with Crippen molar-refractivity contribution in [3.05, 3.63) is 29.3 Å². The van der Waals surface area contributed by atoms with Crippen molar-refractivity contribution < 1.29 is 52.6 Å². The fraction of sp³-hybridized carbons (Fsp3) is 0.450. The molecule has 2 aliphatic rings. The highest BCUT2D eigenvalue weighted by Crippen LogP contribution is 2.30. The summed E-state index contributed by atoms with van der Waals surface area (Å²) >= 11 is 0. The molecule has 3 rings (SSSR count). The summed E-state index contributed by atoms with van der Waals surface area (Å²) in [6.07, 6.45) is -6.35. The molecule has 0 spiro atoms. The predicted octanol–water partition coefficient (Wildman–Crippen LogP) is -1.78.